The van der Waals surface area contributed by atoms with Crippen LogP contribution >= 0.6 is 0 Å². The van der Waals surface area contributed by atoms with Gasteiger partial charge in [0.05, 0.1) is 5.41 Å². The van der Waals surface area contributed by atoms with Crippen molar-refractivity contribution in [2.24, 2.45) is 17.3 Å². The molecule has 0 radical (unpaired) electrons. The highest BCUT2D eigenvalue weighted by Crippen LogP contribution is 2.60. The Labute approximate surface area is 146 Å². The molecule has 0 saturated heterocycles. The van der Waals surface area contributed by atoms with Gasteiger partial charge < -0.3 is 5.11 Å². The minimum atomic E-state index is -0.573. The first-order chi connectivity index (χ1) is 11.2. The lowest BCUT2D eigenvalue weighted by Crippen LogP contribution is -2.56. The number of carbonyl (C=O) groups is 1. The van der Waals surface area contributed by atoms with Crippen LogP contribution in [0.25, 0.3) is 0 Å². The van der Waals surface area contributed by atoms with Crippen molar-refractivity contribution in [1.29, 1.82) is 0 Å². The van der Waals surface area contributed by atoms with E-state index in [1.807, 2.05) is 0 Å². The fraction of sp³-hybridized carbons (Fsp3) is 0.682. The van der Waals surface area contributed by atoms with Crippen LogP contribution in [-0.4, -0.2) is 11.1 Å². The van der Waals surface area contributed by atoms with Crippen LogP contribution in [0.15, 0.2) is 18.2 Å². The van der Waals surface area contributed by atoms with Crippen molar-refractivity contribution >= 4 is 5.97 Å². The Bertz CT molecular complexity index is 645. The number of benzene rings is 1. The van der Waals surface area contributed by atoms with Gasteiger partial charge in [0.25, 0.3) is 0 Å². The molecule has 2 heteroatoms. The summed E-state index contributed by atoms with van der Waals surface area (Å²) < 4.78 is 0. The summed E-state index contributed by atoms with van der Waals surface area (Å²) in [5.41, 5.74) is 3.73. The lowest BCUT2D eigenvalue weighted by atomic mass is 9.46. The van der Waals surface area contributed by atoms with Gasteiger partial charge in [-0.3, -0.25) is 4.79 Å². The average Bonchev–Trinajstić information content (AvgIpc) is 2.52. The normalized spacial score (nSPS) is 32.5. The molecular formula is C22H32O2. The molecule has 1 fully saturated rings. The molecule has 0 aromatic heterocycles. The predicted octanol–water partition coefficient (Wildman–Crippen LogP) is 5.54. The Morgan fingerprint density at radius 1 is 1.21 bits per heavy atom. The molecule has 1 saturated carbocycles. The van der Waals surface area contributed by atoms with E-state index in [2.05, 4.69) is 52.8 Å². The van der Waals surface area contributed by atoms with E-state index in [4.69, 9.17) is 0 Å². The molecule has 1 N–H and O–H groups in total. The van der Waals surface area contributed by atoms with Crippen LogP contribution in [0.4, 0.5) is 0 Å². The van der Waals surface area contributed by atoms with Crippen molar-refractivity contribution in [2.45, 2.75) is 78.1 Å². The van der Waals surface area contributed by atoms with Gasteiger partial charge in [-0.1, -0.05) is 59.2 Å². The van der Waals surface area contributed by atoms with E-state index in [0.29, 0.717) is 5.92 Å². The molecule has 0 bridgehead atoms. The Hall–Kier alpha value is -1.31. The summed E-state index contributed by atoms with van der Waals surface area (Å²) in [4.78, 5) is 12.4. The van der Waals surface area contributed by atoms with E-state index >= 15 is 0 Å². The third-order valence-corrected chi connectivity index (χ3v) is 7.22. The number of rotatable bonds is 3. The van der Waals surface area contributed by atoms with Gasteiger partial charge in [-0.15, -0.1) is 0 Å². The third-order valence-electron chi connectivity index (χ3n) is 7.22. The summed E-state index contributed by atoms with van der Waals surface area (Å²) in [5.74, 6) is 0.390. The molecule has 0 amide bonds. The number of aliphatic carboxylic acids is 1. The van der Waals surface area contributed by atoms with Crippen LogP contribution < -0.4 is 0 Å². The molecule has 3 atom stereocenters. The van der Waals surface area contributed by atoms with Crippen LogP contribution in [0.2, 0.25) is 0 Å². The number of carboxylic acid groups (broad SMARTS) is 1. The Morgan fingerprint density at radius 3 is 2.50 bits per heavy atom. The maximum Gasteiger partial charge on any atom is 0.310 e. The number of fused-ring (bicyclic) bond motifs is 3. The first kappa shape index (κ1) is 17.5. The molecule has 2 aliphatic rings. The van der Waals surface area contributed by atoms with Crippen molar-refractivity contribution < 1.29 is 9.90 Å². The maximum atomic E-state index is 12.4. The van der Waals surface area contributed by atoms with Crippen LogP contribution in [0.1, 0.15) is 82.9 Å². The first-order valence-corrected chi connectivity index (χ1v) is 9.60. The molecule has 2 aliphatic carbocycles. The monoisotopic (exact) mass is 328 g/mol. The maximum absolute atomic E-state index is 12.4. The highest BCUT2D eigenvalue weighted by atomic mass is 16.4. The summed E-state index contributed by atoms with van der Waals surface area (Å²) in [5, 5.41) is 10.2. The van der Waals surface area contributed by atoms with Crippen LogP contribution in [0, 0.1) is 17.3 Å². The largest absolute Gasteiger partial charge is 0.481 e. The van der Waals surface area contributed by atoms with E-state index in [-0.39, 0.29) is 17.3 Å². The standard InChI is InChI=1S/C22H32O2/c1-14(2)16-7-9-18-17(13-16)8-10-19-21(18,5)11-6-12-22(19,15(3)4)20(23)24/h7,9,13-15,19H,6,8,10-12H2,1-5H3,(H,23,24)/t19-,21-,22-/m1/s1. The molecule has 0 spiro atoms. The van der Waals surface area contributed by atoms with Gasteiger partial charge in [0.15, 0.2) is 0 Å². The van der Waals surface area contributed by atoms with Crippen molar-refractivity contribution in [3.63, 3.8) is 0 Å². The summed E-state index contributed by atoms with van der Waals surface area (Å²) in [6.45, 7) is 11.0. The number of hydrogen-bond acceptors (Lipinski definition) is 1. The zero-order chi connectivity index (χ0) is 17.7. The van der Waals surface area contributed by atoms with Gasteiger partial charge in [-0.05, 0) is 65.5 Å². The molecule has 2 nitrogen and oxygen atoms in total. The van der Waals surface area contributed by atoms with Crippen molar-refractivity contribution in [3.8, 4) is 0 Å². The van der Waals surface area contributed by atoms with Gasteiger partial charge in [-0.25, -0.2) is 0 Å². The Kier molecular flexibility index (Phi) is 4.30. The lowest BCUT2D eigenvalue weighted by Gasteiger charge is -2.56. The van der Waals surface area contributed by atoms with Gasteiger partial charge >= 0.3 is 5.97 Å². The van der Waals surface area contributed by atoms with Crippen LogP contribution in [0.5, 0.6) is 0 Å². The zero-order valence-electron chi connectivity index (χ0n) is 15.9. The topological polar surface area (TPSA) is 37.3 Å². The Balaban J connectivity index is 2.11. The Morgan fingerprint density at radius 2 is 1.92 bits per heavy atom. The fourth-order valence-electron chi connectivity index (χ4n) is 5.79. The molecule has 0 heterocycles. The smallest absolute Gasteiger partial charge is 0.310 e. The molecule has 0 aliphatic heterocycles. The average molecular weight is 328 g/mol. The molecule has 0 unspecified atom stereocenters. The molecule has 1 aromatic rings. The predicted molar refractivity (Wildman–Crippen MR) is 98.5 cm³/mol. The summed E-state index contributed by atoms with van der Waals surface area (Å²) in [6.07, 6.45) is 5.00. The van der Waals surface area contributed by atoms with Gasteiger partial charge in [-0.2, -0.15) is 0 Å². The van der Waals surface area contributed by atoms with Crippen LogP contribution in [0.3, 0.4) is 0 Å². The van der Waals surface area contributed by atoms with Crippen molar-refractivity contribution in [2.75, 3.05) is 0 Å². The molecule has 3 rings (SSSR count). The van der Waals surface area contributed by atoms with Gasteiger partial charge in [0.1, 0.15) is 0 Å². The molecule has 24 heavy (non-hydrogen) atoms. The van der Waals surface area contributed by atoms with E-state index in [0.717, 1.165) is 32.1 Å². The van der Waals surface area contributed by atoms with Gasteiger partial charge in [0, 0.05) is 0 Å². The highest BCUT2D eigenvalue weighted by molar-refractivity contribution is 5.76. The second-order valence-corrected chi connectivity index (χ2v) is 8.93. The zero-order valence-corrected chi connectivity index (χ0v) is 15.9. The van der Waals surface area contributed by atoms with Crippen LogP contribution in [-0.2, 0) is 16.6 Å². The summed E-state index contributed by atoms with van der Waals surface area (Å²) >= 11 is 0. The van der Waals surface area contributed by atoms with E-state index in [1.165, 1.54) is 16.7 Å². The van der Waals surface area contributed by atoms with Crippen molar-refractivity contribution in [3.05, 3.63) is 34.9 Å². The van der Waals surface area contributed by atoms with E-state index in [9.17, 15) is 9.90 Å². The van der Waals surface area contributed by atoms with E-state index in [1.54, 1.807) is 0 Å². The summed E-state index contributed by atoms with van der Waals surface area (Å²) in [7, 11) is 0. The minimum absolute atomic E-state index is 0.00397. The highest BCUT2D eigenvalue weighted by Gasteiger charge is 2.58. The third kappa shape index (κ3) is 2.33. The fourth-order valence-corrected chi connectivity index (χ4v) is 5.79. The second-order valence-electron chi connectivity index (χ2n) is 8.93. The number of carboxylic acids is 1. The lowest BCUT2D eigenvalue weighted by molar-refractivity contribution is -0.164. The molecule has 1 aromatic carbocycles. The van der Waals surface area contributed by atoms with Crippen molar-refractivity contribution in [1.82, 2.24) is 0 Å². The SMILES string of the molecule is CC(C)c1ccc2c(c1)CC[C@@H]1[C@]2(C)CCC[C@@]1(C(=O)O)C(C)C. The number of hydrogen-bond donors (Lipinski definition) is 1. The second kappa shape index (κ2) is 5.89. The minimum Gasteiger partial charge on any atom is -0.481 e. The van der Waals surface area contributed by atoms with Gasteiger partial charge in [0.2, 0.25) is 0 Å². The first-order valence-electron chi connectivity index (χ1n) is 9.60. The summed E-state index contributed by atoms with van der Waals surface area (Å²) in [6, 6.07) is 6.96. The molecular weight excluding hydrogens is 296 g/mol. The quantitative estimate of drug-likeness (QED) is 0.791. The number of aryl methyl sites for hydroxylation is 1. The van der Waals surface area contributed by atoms with E-state index < -0.39 is 11.4 Å². The molecule has 132 valence electrons.